The van der Waals surface area contributed by atoms with Crippen molar-refractivity contribution in [1.29, 1.82) is 0 Å². The van der Waals surface area contributed by atoms with E-state index < -0.39 is 0 Å². The zero-order valence-corrected chi connectivity index (χ0v) is 11.5. The van der Waals surface area contributed by atoms with E-state index in [1.165, 1.54) is 77.0 Å². The Morgan fingerprint density at radius 3 is 2.24 bits per heavy atom. The second-order valence-corrected chi connectivity index (χ2v) is 6.39. The maximum atomic E-state index is 5.62. The van der Waals surface area contributed by atoms with Crippen LogP contribution in [-0.2, 0) is 0 Å². The quantitative estimate of drug-likeness (QED) is 0.700. The molecule has 100 valence electrons. The zero-order chi connectivity index (χ0) is 11.9. The van der Waals surface area contributed by atoms with E-state index in [2.05, 4.69) is 0 Å². The summed E-state index contributed by atoms with van der Waals surface area (Å²) in [7, 11) is 0. The van der Waals surface area contributed by atoms with E-state index in [0.29, 0.717) is 0 Å². The lowest BCUT2D eigenvalue weighted by atomic mass is 9.67. The van der Waals surface area contributed by atoms with Crippen LogP contribution in [0.15, 0.2) is 0 Å². The number of unbranched alkanes of at least 4 members (excludes halogenated alkanes) is 1. The SMILES string of the molecule is NCCCCC1CCCCC1C1CCCCC1. The van der Waals surface area contributed by atoms with Crippen molar-refractivity contribution in [3.05, 3.63) is 0 Å². The van der Waals surface area contributed by atoms with Crippen molar-refractivity contribution in [3.8, 4) is 0 Å². The van der Waals surface area contributed by atoms with Crippen LogP contribution in [0.25, 0.3) is 0 Å². The average molecular weight is 237 g/mol. The van der Waals surface area contributed by atoms with Crippen LogP contribution in [0.3, 0.4) is 0 Å². The third-order valence-electron chi connectivity index (χ3n) is 5.25. The molecule has 0 amide bonds. The molecule has 0 saturated heterocycles. The Morgan fingerprint density at radius 2 is 1.47 bits per heavy atom. The molecular formula is C16H31N. The van der Waals surface area contributed by atoms with E-state index >= 15 is 0 Å². The fraction of sp³-hybridized carbons (Fsp3) is 1.00. The summed E-state index contributed by atoms with van der Waals surface area (Å²) in [5, 5.41) is 0. The van der Waals surface area contributed by atoms with Crippen molar-refractivity contribution in [2.24, 2.45) is 23.5 Å². The molecule has 0 heterocycles. The Morgan fingerprint density at radius 1 is 0.765 bits per heavy atom. The molecule has 0 bridgehead atoms. The first kappa shape index (κ1) is 13.4. The van der Waals surface area contributed by atoms with Gasteiger partial charge in [-0.05, 0) is 37.1 Å². The molecule has 2 aliphatic carbocycles. The molecule has 0 aromatic heterocycles. The van der Waals surface area contributed by atoms with Crippen LogP contribution in [0.5, 0.6) is 0 Å². The molecule has 2 atom stereocenters. The van der Waals surface area contributed by atoms with Crippen molar-refractivity contribution >= 4 is 0 Å². The number of rotatable bonds is 5. The second kappa shape index (κ2) is 7.41. The number of nitrogens with two attached hydrogens (primary N) is 1. The van der Waals surface area contributed by atoms with Gasteiger partial charge in [-0.25, -0.2) is 0 Å². The van der Waals surface area contributed by atoms with Crippen molar-refractivity contribution in [2.75, 3.05) is 6.54 Å². The minimum atomic E-state index is 0.890. The summed E-state index contributed by atoms with van der Waals surface area (Å²) in [4.78, 5) is 0. The first-order valence-electron chi connectivity index (χ1n) is 8.12. The van der Waals surface area contributed by atoms with Crippen LogP contribution in [0, 0.1) is 17.8 Å². The molecule has 2 fully saturated rings. The van der Waals surface area contributed by atoms with E-state index in [-0.39, 0.29) is 0 Å². The van der Waals surface area contributed by atoms with Gasteiger partial charge in [0.2, 0.25) is 0 Å². The predicted octanol–water partition coefficient (Wildman–Crippen LogP) is 4.50. The summed E-state index contributed by atoms with van der Waals surface area (Å²) in [6, 6.07) is 0. The second-order valence-electron chi connectivity index (χ2n) is 6.39. The van der Waals surface area contributed by atoms with E-state index in [4.69, 9.17) is 5.73 Å². The molecule has 1 nitrogen and oxygen atoms in total. The van der Waals surface area contributed by atoms with E-state index in [1.54, 1.807) is 0 Å². The Labute approximate surface area is 108 Å². The highest BCUT2D eigenvalue weighted by atomic mass is 14.5. The maximum Gasteiger partial charge on any atom is -0.00773 e. The Balaban J connectivity index is 1.82. The Hall–Kier alpha value is -0.0400. The van der Waals surface area contributed by atoms with Crippen LogP contribution in [-0.4, -0.2) is 6.54 Å². The minimum Gasteiger partial charge on any atom is -0.330 e. The van der Waals surface area contributed by atoms with Gasteiger partial charge in [0.15, 0.2) is 0 Å². The minimum absolute atomic E-state index is 0.890. The first-order valence-corrected chi connectivity index (χ1v) is 8.12. The first-order chi connectivity index (χ1) is 8.42. The molecule has 2 rings (SSSR count). The Kier molecular flexibility index (Phi) is 5.84. The summed E-state index contributed by atoms with van der Waals surface area (Å²) in [6.07, 6.45) is 17.8. The molecule has 0 aromatic rings. The highest BCUT2D eigenvalue weighted by Gasteiger charge is 2.31. The fourth-order valence-corrected chi connectivity index (χ4v) is 4.33. The normalized spacial score (nSPS) is 31.6. The van der Waals surface area contributed by atoms with Gasteiger partial charge in [0, 0.05) is 0 Å². The van der Waals surface area contributed by atoms with Crippen molar-refractivity contribution in [2.45, 2.75) is 77.0 Å². The van der Waals surface area contributed by atoms with Crippen molar-refractivity contribution in [3.63, 3.8) is 0 Å². The molecule has 0 radical (unpaired) electrons. The maximum absolute atomic E-state index is 5.62. The number of hydrogen-bond donors (Lipinski definition) is 1. The highest BCUT2D eigenvalue weighted by molar-refractivity contribution is 4.82. The van der Waals surface area contributed by atoms with Gasteiger partial charge < -0.3 is 5.73 Å². The summed E-state index contributed by atoms with van der Waals surface area (Å²) in [6.45, 7) is 0.890. The summed E-state index contributed by atoms with van der Waals surface area (Å²) in [5.74, 6) is 3.23. The van der Waals surface area contributed by atoms with Gasteiger partial charge in [0.25, 0.3) is 0 Å². The van der Waals surface area contributed by atoms with Crippen LogP contribution in [0.4, 0.5) is 0 Å². The fourth-order valence-electron chi connectivity index (χ4n) is 4.33. The molecule has 2 N–H and O–H groups in total. The van der Waals surface area contributed by atoms with Gasteiger partial charge in [-0.2, -0.15) is 0 Å². The lowest BCUT2D eigenvalue weighted by Crippen LogP contribution is -2.28. The molecular weight excluding hydrogens is 206 g/mol. The van der Waals surface area contributed by atoms with E-state index in [0.717, 1.165) is 24.3 Å². The predicted molar refractivity (Wildman–Crippen MR) is 74.9 cm³/mol. The van der Waals surface area contributed by atoms with Crippen molar-refractivity contribution < 1.29 is 0 Å². The third kappa shape index (κ3) is 3.98. The third-order valence-corrected chi connectivity index (χ3v) is 5.25. The summed E-state index contributed by atoms with van der Waals surface area (Å²) in [5.41, 5.74) is 5.62. The highest BCUT2D eigenvalue weighted by Crippen LogP contribution is 2.43. The molecule has 2 saturated carbocycles. The molecule has 17 heavy (non-hydrogen) atoms. The molecule has 2 unspecified atom stereocenters. The van der Waals surface area contributed by atoms with Gasteiger partial charge >= 0.3 is 0 Å². The van der Waals surface area contributed by atoms with Crippen LogP contribution >= 0.6 is 0 Å². The van der Waals surface area contributed by atoms with Gasteiger partial charge in [-0.1, -0.05) is 64.2 Å². The van der Waals surface area contributed by atoms with Crippen LogP contribution in [0.1, 0.15) is 77.0 Å². The molecule has 1 heteroatoms. The van der Waals surface area contributed by atoms with E-state index in [1.807, 2.05) is 0 Å². The molecule has 0 aromatic carbocycles. The smallest absolute Gasteiger partial charge is 0.00773 e. The topological polar surface area (TPSA) is 26.0 Å². The molecule has 2 aliphatic rings. The molecule has 0 aliphatic heterocycles. The lowest BCUT2D eigenvalue weighted by molar-refractivity contribution is 0.120. The van der Waals surface area contributed by atoms with E-state index in [9.17, 15) is 0 Å². The standard InChI is InChI=1S/C16H31N/c17-13-7-6-11-15-10-4-5-12-16(15)14-8-2-1-3-9-14/h14-16H,1-13,17H2. The van der Waals surface area contributed by atoms with Gasteiger partial charge in [0.1, 0.15) is 0 Å². The monoisotopic (exact) mass is 237 g/mol. The molecule has 0 spiro atoms. The largest absolute Gasteiger partial charge is 0.330 e. The lowest BCUT2D eigenvalue weighted by Gasteiger charge is -2.39. The zero-order valence-electron chi connectivity index (χ0n) is 11.5. The van der Waals surface area contributed by atoms with Gasteiger partial charge in [-0.3, -0.25) is 0 Å². The van der Waals surface area contributed by atoms with Crippen molar-refractivity contribution in [1.82, 2.24) is 0 Å². The average Bonchev–Trinajstić information content (AvgIpc) is 2.41. The summed E-state index contributed by atoms with van der Waals surface area (Å²) >= 11 is 0. The number of hydrogen-bond acceptors (Lipinski definition) is 1. The van der Waals surface area contributed by atoms with Crippen LogP contribution < -0.4 is 5.73 Å². The van der Waals surface area contributed by atoms with Gasteiger partial charge in [-0.15, -0.1) is 0 Å². The summed E-state index contributed by atoms with van der Waals surface area (Å²) < 4.78 is 0. The van der Waals surface area contributed by atoms with Gasteiger partial charge in [0.05, 0.1) is 0 Å². The van der Waals surface area contributed by atoms with Crippen LogP contribution in [0.2, 0.25) is 0 Å². The Bertz CT molecular complexity index is 196.